The minimum Gasteiger partial charge on any atom is -0.455 e. The number of halogens is 1. The van der Waals surface area contributed by atoms with Gasteiger partial charge < -0.3 is 29.7 Å². The number of hydrogen-bond donors (Lipinski definition) is 2. The van der Waals surface area contributed by atoms with Gasteiger partial charge in [0, 0.05) is 24.3 Å². The highest BCUT2D eigenvalue weighted by Crippen LogP contribution is 2.61. The van der Waals surface area contributed by atoms with Crippen molar-refractivity contribution in [1.82, 2.24) is 15.1 Å². The number of allylic oxidation sites excluding steroid dienone is 1. The molecule has 0 saturated carbocycles. The first-order valence-electron chi connectivity index (χ1n) is 16.5. The van der Waals surface area contributed by atoms with Crippen molar-refractivity contribution in [2.45, 2.75) is 73.9 Å². The van der Waals surface area contributed by atoms with E-state index in [1.807, 2.05) is 67.6 Å². The van der Waals surface area contributed by atoms with Gasteiger partial charge in [-0.2, -0.15) is 0 Å². The lowest BCUT2D eigenvalue weighted by Crippen LogP contribution is -2.58. The summed E-state index contributed by atoms with van der Waals surface area (Å²) in [5.74, 6) is -3.61. The van der Waals surface area contributed by atoms with E-state index in [2.05, 4.69) is 34.4 Å². The number of amides is 3. The number of nitrogens with zero attached hydrogens (tertiary/aromatic N) is 2. The molecule has 3 amide bonds. The van der Waals surface area contributed by atoms with E-state index in [0.29, 0.717) is 24.8 Å². The van der Waals surface area contributed by atoms with Gasteiger partial charge in [-0.15, -0.1) is 13.2 Å². The maximum absolute atomic E-state index is 14.7. The molecule has 3 aliphatic heterocycles. The molecule has 5 rings (SSSR count). The Morgan fingerprint density at radius 1 is 1.15 bits per heavy atom. The third kappa shape index (κ3) is 6.86. The molecule has 2 aromatic carbocycles. The van der Waals surface area contributed by atoms with Crippen molar-refractivity contribution in [3.8, 4) is 0 Å². The second-order valence-electron chi connectivity index (χ2n) is 12.6. The Morgan fingerprint density at radius 3 is 2.46 bits per heavy atom. The Balaban J connectivity index is 1.48. The molecule has 1 spiro atoms. The maximum atomic E-state index is 14.7. The second-order valence-corrected chi connectivity index (χ2v) is 13.8. The summed E-state index contributed by atoms with van der Waals surface area (Å²) in [5, 5.41) is 13.3. The van der Waals surface area contributed by atoms with Gasteiger partial charge in [-0.05, 0) is 30.4 Å². The molecule has 2 N–H and O–H groups in total. The summed E-state index contributed by atoms with van der Waals surface area (Å²) in [6.45, 7) is 9.56. The molecule has 0 aromatic heterocycles. The van der Waals surface area contributed by atoms with Crippen LogP contribution in [0.2, 0.25) is 0 Å². The van der Waals surface area contributed by atoms with Crippen LogP contribution >= 0.6 is 15.9 Å². The van der Waals surface area contributed by atoms with Gasteiger partial charge >= 0.3 is 5.97 Å². The van der Waals surface area contributed by atoms with Crippen LogP contribution in [0.4, 0.5) is 0 Å². The lowest BCUT2D eigenvalue weighted by Gasteiger charge is -2.39. The fourth-order valence-electron chi connectivity index (χ4n) is 7.43. The number of hydrogen-bond acceptors (Lipinski definition) is 7. The SMILES string of the molecule is C=CCCC(=O)NC[C@@H](OC(=O)[C@@H]1[C@H]2O[C@@]3(CC2Br)[C@H](C(=O)N(CC=C)Cc2ccccc2)N([C@@H](CC)CO)C(=O)[C@@H]13)c1ccccc1. The minimum absolute atomic E-state index is 0.0388. The minimum atomic E-state index is -1.32. The van der Waals surface area contributed by atoms with Crippen LogP contribution in [0.15, 0.2) is 86.0 Å². The zero-order valence-electron chi connectivity index (χ0n) is 27.2. The number of benzene rings is 2. The van der Waals surface area contributed by atoms with Crippen molar-refractivity contribution < 1.29 is 33.8 Å². The molecule has 3 saturated heterocycles. The molecule has 10 nitrogen and oxygen atoms in total. The zero-order valence-corrected chi connectivity index (χ0v) is 28.8. The number of likely N-dealkylation sites (tertiary alicyclic amines) is 1. The molecule has 11 heteroatoms. The van der Waals surface area contributed by atoms with Crippen molar-refractivity contribution in [2.75, 3.05) is 19.7 Å². The fourth-order valence-corrected chi connectivity index (χ4v) is 8.37. The van der Waals surface area contributed by atoms with E-state index in [1.165, 1.54) is 4.90 Å². The Hall–Kier alpha value is -3.80. The van der Waals surface area contributed by atoms with Crippen LogP contribution in [0.1, 0.15) is 49.8 Å². The highest BCUT2D eigenvalue weighted by Gasteiger charge is 2.77. The number of aliphatic hydroxyl groups excluding tert-OH is 1. The zero-order chi connectivity index (χ0) is 34.4. The molecular weight excluding hydrogens is 678 g/mol. The van der Waals surface area contributed by atoms with Crippen molar-refractivity contribution >= 4 is 39.6 Å². The number of rotatable bonds is 16. The van der Waals surface area contributed by atoms with Crippen molar-refractivity contribution in [3.63, 3.8) is 0 Å². The molecule has 2 aromatic rings. The number of alkyl halides is 1. The standard InChI is InChI=1S/C37H44BrN3O7/c1-4-7-18-29(43)39-21-28(25-16-12-9-13-17-25)47-36(46)30-31-34(44)41(26(6-3)23-42)33(37(31)20-27(38)32(30)48-37)35(45)40(19-5-2)22-24-14-10-8-11-15-24/h4-5,8-17,26-28,30-33,42H,1-2,6-7,18-23H2,3H3,(H,39,43)/t26-,27?,28+,30-,31+,32-,33-,37+/m0/s1. The molecule has 3 heterocycles. The summed E-state index contributed by atoms with van der Waals surface area (Å²) >= 11 is 3.71. The Kier molecular flexibility index (Phi) is 11.5. The Labute approximate surface area is 290 Å². The summed E-state index contributed by atoms with van der Waals surface area (Å²) in [4.78, 5) is 58.7. The molecule has 48 heavy (non-hydrogen) atoms. The van der Waals surface area contributed by atoms with Crippen molar-refractivity contribution in [1.29, 1.82) is 0 Å². The van der Waals surface area contributed by atoms with E-state index in [1.54, 1.807) is 17.1 Å². The number of ether oxygens (including phenoxy) is 2. The number of fused-ring (bicyclic) bond motifs is 1. The van der Waals surface area contributed by atoms with Crippen molar-refractivity contribution in [3.05, 3.63) is 97.1 Å². The van der Waals surface area contributed by atoms with Crippen LogP contribution in [0.3, 0.4) is 0 Å². The smallest absolute Gasteiger partial charge is 0.313 e. The molecule has 0 radical (unpaired) electrons. The molecule has 0 aliphatic carbocycles. The summed E-state index contributed by atoms with van der Waals surface area (Å²) in [6.07, 6.45) is 3.24. The Morgan fingerprint density at radius 2 is 1.83 bits per heavy atom. The van der Waals surface area contributed by atoms with Crippen molar-refractivity contribution in [2.24, 2.45) is 11.8 Å². The average molecular weight is 723 g/mol. The summed E-state index contributed by atoms with van der Waals surface area (Å²) in [6, 6.07) is 16.9. The van der Waals surface area contributed by atoms with Crippen LogP contribution in [-0.2, 0) is 35.2 Å². The number of carbonyl (C=O) groups is 4. The molecule has 3 fully saturated rings. The largest absolute Gasteiger partial charge is 0.455 e. The number of aliphatic hydroxyl groups is 1. The molecular formula is C37H44BrN3O7. The quantitative estimate of drug-likeness (QED) is 0.152. The monoisotopic (exact) mass is 721 g/mol. The highest BCUT2D eigenvalue weighted by molar-refractivity contribution is 9.09. The predicted octanol–water partition coefficient (Wildman–Crippen LogP) is 4.09. The lowest BCUT2D eigenvalue weighted by molar-refractivity contribution is -0.161. The third-order valence-corrected chi connectivity index (χ3v) is 10.5. The predicted molar refractivity (Wildman–Crippen MR) is 183 cm³/mol. The van der Waals surface area contributed by atoms with Gasteiger partial charge in [0.1, 0.15) is 17.7 Å². The first-order valence-corrected chi connectivity index (χ1v) is 17.4. The molecule has 3 aliphatic rings. The van der Waals surface area contributed by atoms with Crippen LogP contribution in [0, 0.1) is 11.8 Å². The lowest BCUT2D eigenvalue weighted by atomic mass is 9.70. The fraction of sp³-hybridized carbons (Fsp3) is 0.459. The van der Waals surface area contributed by atoms with E-state index < -0.39 is 53.6 Å². The van der Waals surface area contributed by atoms with Gasteiger partial charge in [-0.1, -0.05) is 95.7 Å². The number of esters is 1. The van der Waals surface area contributed by atoms with Crippen LogP contribution in [0.25, 0.3) is 0 Å². The maximum Gasteiger partial charge on any atom is 0.313 e. The summed E-state index contributed by atoms with van der Waals surface area (Å²) < 4.78 is 12.8. The summed E-state index contributed by atoms with van der Waals surface area (Å²) in [5.41, 5.74) is 0.270. The van der Waals surface area contributed by atoms with E-state index in [4.69, 9.17) is 9.47 Å². The third-order valence-electron chi connectivity index (χ3n) is 9.68. The highest BCUT2D eigenvalue weighted by atomic mass is 79.9. The number of nitrogens with one attached hydrogen (secondary N) is 1. The van der Waals surface area contributed by atoms with Gasteiger partial charge in [0.15, 0.2) is 0 Å². The normalized spacial score (nSPS) is 26.8. The topological polar surface area (TPSA) is 125 Å². The van der Waals surface area contributed by atoms with Crippen LogP contribution in [-0.4, -0.2) is 86.9 Å². The molecule has 2 bridgehead atoms. The number of carbonyl (C=O) groups excluding carboxylic acids is 4. The van der Waals surface area contributed by atoms with Crippen LogP contribution in [0.5, 0.6) is 0 Å². The molecule has 256 valence electrons. The van der Waals surface area contributed by atoms with Gasteiger partial charge in [-0.25, -0.2) is 0 Å². The van der Waals surface area contributed by atoms with E-state index in [9.17, 15) is 24.3 Å². The average Bonchev–Trinajstić information content (AvgIpc) is 3.70. The van der Waals surface area contributed by atoms with Gasteiger partial charge in [-0.3, -0.25) is 19.2 Å². The molecule has 1 unspecified atom stereocenters. The van der Waals surface area contributed by atoms with E-state index in [-0.39, 0.29) is 49.3 Å². The first-order chi connectivity index (χ1) is 23.2. The van der Waals surface area contributed by atoms with E-state index >= 15 is 0 Å². The molecule has 8 atom stereocenters. The summed E-state index contributed by atoms with van der Waals surface area (Å²) in [7, 11) is 0. The van der Waals surface area contributed by atoms with E-state index in [0.717, 1.165) is 5.56 Å². The first kappa shape index (κ1) is 35.5. The Bertz CT molecular complexity index is 1490. The van der Waals surface area contributed by atoms with Gasteiger partial charge in [0.05, 0.1) is 37.1 Å². The van der Waals surface area contributed by atoms with Gasteiger partial charge in [0.2, 0.25) is 17.7 Å². The van der Waals surface area contributed by atoms with Crippen LogP contribution < -0.4 is 5.32 Å². The second kappa shape index (κ2) is 15.6. The van der Waals surface area contributed by atoms with Gasteiger partial charge in [0.25, 0.3) is 0 Å².